The molecule has 6 heteroatoms. The third-order valence-corrected chi connectivity index (χ3v) is 2.07. The van der Waals surface area contributed by atoms with E-state index in [0.29, 0.717) is 13.1 Å². The highest BCUT2D eigenvalue weighted by atomic mass is 16.2. The van der Waals surface area contributed by atoms with Gasteiger partial charge in [0.15, 0.2) is 0 Å². The number of carbonyl (C=O) groups excluding carboxylic acids is 2. The van der Waals surface area contributed by atoms with Crippen molar-refractivity contribution in [1.29, 1.82) is 0 Å². The van der Waals surface area contributed by atoms with Crippen molar-refractivity contribution in [2.24, 2.45) is 0 Å². The van der Waals surface area contributed by atoms with Crippen molar-refractivity contribution < 1.29 is 9.59 Å². The van der Waals surface area contributed by atoms with Gasteiger partial charge < -0.3 is 16.0 Å². The normalized spacial score (nSPS) is 22.2. The van der Waals surface area contributed by atoms with Crippen molar-refractivity contribution in [2.45, 2.75) is 0 Å². The van der Waals surface area contributed by atoms with Gasteiger partial charge in [0.2, 0.25) is 11.8 Å². The molecule has 1 aliphatic heterocycles. The minimum Gasteiger partial charge on any atom is -0.354 e. The van der Waals surface area contributed by atoms with E-state index in [9.17, 15) is 9.59 Å². The quantitative estimate of drug-likeness (QED) is 0.426. The number of hydrogen-bond acceptors (Lipinski definition) is 4. The molecule has 3 N–H and O–H groups in total. The van der Waals surface area contributed by atoms with Crippen LogP contribution in [-0.4, -0.2) is 63.0 Å². The van der Waals surface area contributed by atoms with Crippen LogP contribution in [0.2, 0.25) is 0 Å². The van der Waals surface area contributed by atoms with Gasteiger partial charge >= 0.3 is 0 Å². The van der Waals surface area contributed by atoms with Crippen LogP contribution in [0.25, 0.3) is 0 Å². The second-order valence-corrected chi connectivity index (χ2v) is 3.62. The fraction of sp³-hybridized carbons (Fsp3) is 0.778. The minimum atomic E-state index is -0.0485. The molecule has 6 nitrogen and oxygen atoms in total. The highest BCUT2D eigenvalue weighted by Gasteiger charge is 2.10. The molecule has 86 valence electrons. The maximum atomic E-state index is 11.3. The predicted octanol–water partition coefficient (Wildman–Crippen LogP) is -2.25. The van der Waals surface area contributed by atoms with Crippen LogP contribution >= 0.6 is 0 Å². The Bertz CT molecular complexity index is 210. The zero-order chi connectivity index (χ0) is 11.1. The van der Waals surface area contributed by atoms with Crippen molar-refractivity contribution in [1.82, 2.24) is 20.9 Å². The van der Waals surface area contributed by atoms with Crippen LogP contribution < -0.4 is 16.0 Å². The van der Waals surface area contributed by atoms with E-state index in [2.05, 4.69) is 16.0 Å². The van der Waals surface area contributed by atoms with Crippen LogP contribution in [0.4, 0.5) is 0 Å². The van der Waals surface area contributed by atoms with E-state index in [1.54, 1.807) is 11.9 Å². The maximum absolute atomic E-state index is 11.3. The summed E-state index contributed by atoms with van der Waals surface area (Å²) < 4.78 is 0. The molecule has 0 atom stereocenters. The van der Waals surface area contributed by atoms with Gasteiger partial charge in [-0.15, -0.1) is 0 Å². The molecule has 1 rings (SSSR count). The van der Waals surface area contributed by atoms with E-state index >= 15 is 0 Å². The number of hydrogen-bond donors (Lipinski definition) is 3. The molecule has 1 saturated heterocycles. The minimum absolute atomic E-state index is 0.0485. The van der Waals surface area contributed by atoms with Crippen LogP contribution in [-0.2, 0) is 9.59 Å². The second kappa shape index (κ2) is 6.36. The molecule has 0 aromatic carbocycles. The van der Waals surface area contributed by atoms with Gasteiger partial charge in [0.25, 0.3) is 0 Å². The molecular weight excluding hydrogens is 196 g/mol. The number of carbonyl (C=O) groups is 2. The largest absolute Gasteiger partial charge is 0.354 e. The first-order valence-electron chi connectivity index (χ1n) is 5.11. The SMILES string of the molecule is CN1CC(=O)NCCNCCNC(=O)C1. The molecule has 0 spiro atoms. The third kappa shape index (κ3) is 5.34. The monoisotopic (exact) mass is 214 g/mol. The molecule has 15 heavy (non-hydrogen) atoms. The summed E-state index contributed by atoms with van der Waals surface area (Å²) >= 11 is 0. The lowest BCUT2D eigenvalue weighted by molar-refractivity contribution is -0.124. The number of amides is 2. The average molecular weight is 214 g/mol. The molecular formula is C9H18N4O2. The number of nitrogens with zero attached hydrogens (tertiary/aromatic N) is 1. The zero-order valence-electron chi connectivity index (χ0n) is 9.01. The Morgan fingerprint density at radius 2 is 1.40 bits per heavy atom. The van der Waals surface area contributed by atoms with Gasteiger partial charge in [-0.05, 0) is 7.05 Å². The van der Waals surface area contributed by atoms with Crippen LogP contribution in [0, 0.1) is 0 Å². The molecule has 0 unspecified atom stereocenters. The van der Waals surface area contributed by atoms with E-state index in [-0.39, 0.29) is 24.9 Å². The highest BCUT2D eigenvalue weighted by Crippen LogP contribution is 1.82. The summed E-state index contributed by atoms with van der Waals surface area (Å²) in [6, 6.07) is 0. The second-order valence-electron chi connectivity index (χ2n) is 3.62. The first-order chi connectivity index (χ1) is 7.18. The Hall–Kier alpha value is -1.14. The van der Waals surface area contributed by atoms with Gasteiger partial charge in [-0.25, -0.2) is 0 Å². The summed E-state index contributed by atoms with van der Waals surface area (Å²) in [5.41, 5.74) is 0. The van der Waals surface area contributed by atoms with E-state index in [4.69, 9.17) is 0 Å². The molecule has 0 aromatic rings. The molecule has 2 amide bonds. The van der Waals surface area contributed by atoms with Crippen LogP contribution in [0.1, 0.15) is 0 Å². The molecule has 0 saturated carbocycles. The Balaban J connectivity index is 2.40. The maximum Gasteiger partial charge on any atom is 0.234 e. The van der Waals surface area contributed by atoms with E-state index < -0.39 is 0 Å². The van der Waals surface area contributed by atoms with Crippen LogP contribution in [0.15, 0.2) is 0 Å². The fourth-order valence-electron chi connectivity index (χ4n) is 1.36. The van der Waals surface area contributed by atoms with Crippen LogP contribution in [0.5, 0.6) is 0 Å². The summed E-state index contributed by atoms with van der Waals surface area (Å²) in [5.74, 6) is -0.0969. The molecule has 1 fully saturated rings. The van der Waals surface area contributed by atoms with Gasteiger partial charge in [-0.3, -0.25) is 14.5 Å². The van der Waals surface area contributed by atoms with E-state index in [1.807, 2.05) is 0 Å². The average Bonchev–Trinajstić information content (AvgIpc) is 2.14. The Kier molecular flexibility index (Phi) is 5.06. The zero-order valence-corrected chi connectivity index (χ0v) is 9.01. The van der Waals surface area contributed by atoms with Gasteiger partial charge in [0.1, 0.15) is 0 Å². The van der Waals surface area contributed by atoms with Crippen LogP contribution in [0.3, 0.4) is 0 Å². The standard InChI is InChI=1S/C9H18N4O2/c1-13-6-8(14)11-4-2-10-3-5-12-9(15)7-13/h10H,2-7H2,1H3,(H,11,14)(H,12,15). The number of nitrogens with one attached hydrogen (secondary N) is 3. The van der Waals surface area contributed by atoms with Gasteiger partial charge in [0.05, 0.1) is 13.1 Å². The molecule has 0 bridgehead atoms. The predicted molar refractivity (Wildman–Crippen MR) is 56.4 cm³/mol. The summed E-state index contributed by atoms with van der Waals surface area (Å²) in [6.45, 7) is 3.22. The summed E-state index contributed by atoms with van der Waals surface area (Å²) in [6.07, 6.45) is 0. The lowest BCUT2D eigenvalue weighted by atomic mass is 10.4. The van der Waals surface area contributed by atoms with Gasteiger partial charge in [-0.2, -0.15) is 0 Å². The Morgan fingerprint density at radius 3 is 1.87 bits per heavy atom. The number of likely N-dealkylation sites (N-methyl/N-ethyl adjacent to an activating group) is 1. The summed E-state index contributed by atoms with van der Waals surface area (Å²) in [7, 11) is 1.75. The highest BCUT2D eigenvalue weighted by molar-refractivity contribution is 5.81. The van der Waals surface area contributed by atoms with Crippen molar-refractivity contribution in [3.8, 4) is 0 Å². The number of rotatable bonds is 0. The molecule has 1 heterocycles. The van der Waals surface area contributed by atoms with Crippen molar-refractivity contribution in [2.75, 3.05) is 46.3 Å². The first-order valence-corrected chi connectivity index (χ1v) is 5.11. The summed E-state index contributed by atoms with van der Waals surface area (Å²) in [5, 5.41) is 8.65. The van der Waals surface area contributed by atoms with E-state index in [1.165, 1.54) is 0 Å². The smallest absolute Gasteiger partial charge is 0.234 e. The fourth-order valence-corrected chi connectivity index (χ4v) is 1.36. The van der Waals surface area contributed by atoms with Crippen molar-refractivity contribution in [3.63, 3.8) is 0 Å². The molecule has 0 aromatic heterocycles. The van der Waals surface area contributed by atoms with E-state index in [0.717, 1.165) is 13.1 Å². The molecule has 1 aliphatic rings. The van der Waals surface area contributed by atoms with Crippen molar-refractivity contribution in [3.05, 3.63) is 0 Å². The Labute approximate surface area is 89.4 Å². The lowest BCUT2D eigenvalue weighted by Gasteiger charge is -2.17. The first kappa shape index (κ1) is 11.9. The van der Waals surface area contributed by atoms with Gasteiger partial charge in [0, 0.05) is 26.2 Å². The van der Waals surface area contributed by atoms with Crippen molar-refractivity contribution >= 4 is 11.8 Å². The molecule has 0 aliphatic carbocycles. The Morgan fingerprint density at radius 1 is 0.933 bits per heavy atom. The summed E-state index contributed by atoms with van der Waals surface area (Å²) in [4.78, 5) is 24.3. The lowest BCUT2D eigenvalue weighted by Crippen LogP contribution is -2.45. The third-order valence-electron chi connectivity index (χ3n) is 2.07. The topological polar surface area (TPSA) is 73.5 Å². The molecule has 0 radical (unpaired) electrons. The van der Waals surface area contributed by atoms with Gasteiger partial charge in [-0.1, -0.05) is 0 Å².